The fraction of sp³-hybridized carbons (Fsp3) is 0.857. The molecule has 2 saturated heterocycles. The molecule has 3 aliphatic rings. The summed E-state index contributed by atoms with van der Waals surface area (Å²) in [6.07, 6.45) is 0.796. The normalized spacial score (nSPS) is 43.4. The van der Waals surface area contributed by atoms with Crippen LogP contribution in [0.1, 0.15) is 13.3 Å². The molecule has 2 aliphatic heterocycles. The molecule has 3 atom stereocenters. The first-order valence-corrected chi connectivity index (χ1v) is 3.65. The molecular formula is C7H11NO2. The highest BCUT2D eigenvalue weighted by Crippen LogP contribution is 2.40. The summed E-state index contributed by atoms with van der Waals surface area (Å²) in [7, 11) is 0. The Labute approximate surface area is 59.6 Å². The van der Waals surface area contributed by atoms with Crippen LogP contribution in [-0.4, -0.2) is 34.6 Å². The van der Waals surface area contributed by atoms with E-state index in [9.17, 15) is 9.90 Å². The van der Waals surface area contributed by atoms with Crippen LogP contribution in [0.5, 0.6) is 0 Å². The van der Waals surface area contributed by atoms with Crippen molar-refractivity contribution in [3.63, 3.8) is 0 Å². The van der Waals surface area contributed by atoms with Gasteiger partial charge in [-0.25, -0.2) is 0 Å². The van der Waals surface area contributed by atoms with Crippen LogP contribution in [0.2, 0.25) is 0 Å². The number of carbonyl (C=O) groups excluding carboxylic acids is 1. The van der Waals surface area contributed by atoms with Crippen molar-refractivity contribution in [2.24, 2.45) is 5.92 Å². The highest BCUT2D eigenvalue weighted by Gasteiger charge is 2.52. The van der Waals surface area contributed by atoms with Gasteiger partial charge in [0.2, 0.25) is 5.91 Å². The maximum Gasteiger partial charge on any atom is 0.219 e. The number of hydrogen-bond donors (Lipinski definition) is 1. The number of amides is 1. The molecule has 3 heteroatoms. The van der Waals surface area contributed by atoms with Crippen molar-refractivity contribution in [2.45, 2.75) is 25.5 Å². The fourth-order valence-corrected chi connectivity index (χ4v) is 1.95. The first-order valence-electron chi connectivity index (χ1n) is 3.65. The van der Waals surface area contributed by atoms with Crippen LogP contribution in [0.15, 0.2) is 0 Å². The third-order valence-electron chi connectivity index (χ3n) is 2.66. The minimum atomic E-state index is -0.219. The summed E-state index contributed by atoms with van der Waals surface area (Å²) < 4.78 is 0. The van der Waals surface area contributed by atoms with Crippen LogP contribution >= 0.6 is 0 Å². The van der Waals surface area contributed by atoms with Gasteiger partial charge in [-0.1, -0.05) is 0 Å². The Kier molecular flexibility index (Phi) is 1.06. The van der Waals surface area contributed by atoms with Crippen LogP contribution < -0.4 is 0 Å². The van der Waals surface area contributed by atoms with Crippen molar-refractivity contribution in [3.05, 3.63) is 0 Å². The van der Waals surface area contributed by atoms with Gasteiger partial charge in [-0.3, -0.25) is 4.79 Å². The maximum atomic E-state index is 10.8. The molecule has 0 aromatic rings. The van der Waals surface area contributed by atoms with Gasteiger partial charge in [0.25, 0.3) is 0 Å². The van der Waals surface area contributed by atoms with Crippen molar-refractivity contribution in [2.75, 3.05) is 6.54 Å². The van der Waals surface area contributed by atoms with Crippen molar-refractivity contribution in [3.8, 4) is 0 Å². The first kappa shape index (κ1) is 6.16. The molecule has 1 saturated carbocycles. The summed E-state index contributed by atoms with van der Waals surface area (Å²) in [5.41, 5.74) is 0. The Balaban J connectivity index is 2.10. The third-order valence-corrected chi connectivity index (χ3v) is 2.66. The quantitative estimate of drug-likeness (QED) is 0.498. The molecule has 1 N–H and O–H groups in total. The van der Waals surface area contributed by atoms with E-state index >= 15 is 0 Å². The molecule has 0 aromatic heterocycles. The lowest BCUT2D eigenvalue weighted by Gasteiger charge is -2.31. The van der Waals surface area contributed by atoms with Crippen molar-refractivity contribution < 1.29 is 9.90 Å². The summed E-state index contributed by atoms with van der Waals surface area (Å²) in [5, 5.41) is 9.27. The topological polar surface area (TPSA) is 40.5 Å². The third kappa shape index (κ3) is 0.560. The zero-order chi connectivity index (χ0) is 7.30. The molecular weight excluding hydrogens is 130 g/mol. The van der Waals surface area contributed by atoms with Crippen molar-refractivity contribution in [1.82, 2.24) is 4.90 Å². The average Bonchev–Trinajstić information content (AvgIpc) is 2.40. The smallest absolute Gasteiger partial charge is 0.219 e. The van der Waals surface area contributed by atoms with E-state index in [1.807, 2.05) is 0 Å². The SMILES string of the molecule is CC(=O)N1CC2CC1C2O. The van der Waals surface area contributed by atoms with Crippen molar-refractivity contribution >= 4 is 5.91 Å². The van der Waals surface area contributed by atoms with Gasteiger partial charge in [0, 0.05) is 19.4 Å². The van der Waals surface area contributed by atoms with Crippen LogP contribution in [0.3, 0.4) is 0 Å². The molecule has 1 amide bonds. The second-order valence-electron chi connectivity index (χ2n) is 3.23. The molecule has 3 nitrogen and oxygen atoms in total. The lowest BCUT2D eigenvalue weighted by Crippen LogP contribution is -2.44. The molecule has 0 spiro atoms. The fourth-order valence-electron chi connectivity index (χ4n) is 1.95. The zero-order valence-electron chi connectivity index (χ0n) is 5.95. The molecule has 2 bridgehead atoms. The second kappa shape index (κ2) is 1.72. The summed E-state index contributed by atoms with van der Waals surface area (Å²) in [6.45, 7) is 2.34. The zero-order valence-corrected chi connectivity index (χ0v) is 5.95. The Hall–Kier alpha value is -0.570. The van der Waals surface area contributed by atoms with Crippen molar-refractivity contribution in [1.29, 1.82) is 0 Å². The largest absolute Gasteiger partial charge is 0.391 e. The van der Waals surface area contributed by atoms with E-state index in [1.165, 1.54) is 0 Å². The van der Waals surface area contributed by atoms with Gasteiger partial charge >= 0.3 is 0 Å². The van der Waals surface area contributed by atoms with Crippen LogP contribution in [0.25, 0.3) is 0 Å². The monoisotopic (exact) mass is 141 g/mol. The number of fused-ring (bicyclic) bond motifs is 1. The standard InChI is InChI=1S/C7H11NO2/c1-4(9)8-3-5-2-6(8)7(5)10/h5-7,10H,2-3H2,1H3. The molecule has 10 heavy (non-hydrogen) atoms. The van der Waals surface area contributed by atoms with Crippen LogP contribution in [-0.2, 0) is 4.79 Å². The molecule has 56 valence electrons. The van der Waals surface area contributed by atoms with E-state index in [2.05, 4.69) is 0 Å². The molecule has 0 aromatic carbocycles. The molecule has 3 fully saturated rings. The minimum absolute atomic E-state index is 0.101. The molecule has 3 rings (SSSR count). The average molecular weight is 141 g/mol. The Morgan fingerprint density at radius 3 is 2.60 bits per heavy atom. The van der Waals surface area contributed by atoms with Gasteiger partial charge in [-0.05, 0) is 6.42 Å². The van der Waals surface area contributed by atoms with Crippen LogP contribution in [0, 0.1) is 5.92 Å². The highest BCUT2D eigenvalue weighted by atomic mass is 16.3. The lowest BCUT2D eigenvalue weighted by atomic mass is 9.83. The summed E-state index contributed by atoms with van der Waals surface area (Å²) >= 11 is 0. The summed E-state index contributed by atoms with van der Waals surface area (Å²) in [5.74, 6) is 0.484. The lowest BCUT2D eigenvalue weighted by molar-refractivity contribution is -0.130. The number of aliphatic hydroxyl groups excluding tert-OH is 1. The van der Waals surface area contributed by atoms with Gasteiger partial charge in [0.15, 0.2) is 0 Å². The van der Waals surface area contributed by atoms with E-state index in [-0.39, 0.29) is 18.1 Å². The number of rotatable bonds is 0. The van der Waals surface area contributed by atoms with E-state index in [0.717, 1.165) is 13.0 Å². The molecule has 2 heterocycles. The van der Waals surface area contributed by atoms with E-state index in [0.29, 0.717) is 5.92 Å². The number of carbonyl (C=O) groups is 1. The van der Waals surface area contributed by atoms with Gasteiger partial charge in [0.1, 0.15) is 0 Å². The molecule has 3 unspecified atom stereocenters. The van der Waals surface area contributed by atoms with E-state index in [4.69, 9.17) is 0 Å². The summed E-state index contributed by atoms with van der Waals surface area (Å²) in [6, 6.07) is 0.155. The Morgan fingerprint density at radius 2 is 2.40 bits per heavy atom. The van der Waals surface area contributed by atoms with Gasteiger partial charge in [0.05, 0.1) is 12.1 Å². The number of aliphatic hydroxyl groups is 1. The summed E-state index contributed by atoms with van der Waals surface area (Å²) in [4.78, 5) is 12.6. The first-order chi connectivity index (χ1) is 4.70. The Morgan fingerprint density at radius 1 is 1.70 bits per heavy atom. The molecule has 1 aliphatic carbocycles. The number of hydrogen-bond acceptors (Lipinski definition) is 2. The van der Waals surface area contributed by atoms with Gasteiger partial charge < -0.3 is 10.0 Å². The predicted molar refractivity (Wildman–Crippen MR) is 35.3 cm³/mol. The predicted octanol–water partition coefficient (Wildman–Crippen LogP) is -0.402. The minimum Gasteiger partial charge on any atom is -0.391 e. The maximum absolute atomic E-state index is 10.8. The van der Waals surface area contributed by atoms with Crippen LogP contribution in [0.4, 0.5) is 0 Å². The second-order valence-corrected chi connectivity index (χ2v) is 3.23. The van der Waals surface area contributed by atoms with Gasteiger partial charge in [-0.15, -0.1) is 0 Å². The number of nitrogens with zero attached hydrogens (tertiary/aromatic N) is 1. The Bertz CT molecular complexity index is 180. The molecule has 0 radical (unpaired) electrons. The van der Waals surface area contributed by atoms with Gasteiger partial charge in [-0.2, -0.15) is 0 Å². The highest BCUT2D eigenvalue weighted by molar-refractivity contribution is 5.74. The van der Waals surface area contributed by atoms with E-state index < -0.39 is 0 Å². The van der Waals surface area contributed by atoms with E-state index in [1.54, 1.807) is 11.8 Å².